The molecular weight excluding hydrogens is 414 g/mol. The van der Waals surface area contributed by atoms with Gasteiger partial charge >= 0.3 is 11.9 Å². The summed E-state index contributed by atoms with van der Waals surface area (Å²) in [5, 5.41) is 0. The monoisotopic (exact) mass is 435 g/mol. The van der Waals surface area contributed by atoms with E-state index in [-0.39, 0.29) is 22.4 Å². The lowest BCUT2D eigenvalue weighted by molar-refractivity contribution is 0.0553. The highest BCUT2D eigenvalue weighted by Crippen LogP contribution is 2.27. The average Bonchev–Trinajstić information content (AvgIpc) is 2.86. The number of rotatable bonds is 7. The van der Waals surface area contributed by atoms with Gasteiger partial charge in [0, 0.05) is 11.1 Å². The molecule has 32 heavy (non-hydrogen) atoms. The van der Waals surface area contributed by atoms with Crippen molar-refractivity contribution in [3.63, 3.8) is 0 Å². The minimum absolute atomic E-state index is 0.128. The van der Waals surface area contributed by atoms with E-state index in [1.54, 1.807) is 55.6 Å². The molecule has 2 aromatic carbocycles. The van der Waals surface area contributed by atoms with Crippen LogP contribution in [0.15, 0.2) is 54.6 Å². The van der Waals surface area contributed by atoms with Crippen LogP contribution in [0, 0.1) is 0 Å². The quantitative estimate of drug-likeness (QED) is 0.410. The second-order valence-electron chi connectivity index (χ2n) is 6.55. The van der Waals surface area contributed by atoms with Crippen molar-refractivity contribution in [2.75, 3.05) is 28.4 Å². The standard InChI is InChI=1S/C24H21NO7/c1-29-16-9-5-14(6-10-16)19-13-18(23(27)31-3)20(24(28)32-4)21(25-19)22(26)15-7-11-17(30-2)12-8-15/h5-13H,1-4H3. The third-order valence-corrected chi connectivity index (χ3v) is 4.77. The van der Waals surface area contributed by atoms with Crippen molar-refractivity contribution < 1.29 is 33.3 Å². The third-order valence-electron chi connectivity index (χ3n) is 4.77. The lowest BCUT2D eigenvalue weighted by atomic mass is 9.97. The molecule has 0 aliphatic heterocycles. The van der Waals surface area contributed by atoms with Crippen LogP contribution in [-0.4, -0.2) is 51.1 Å². The van der Waals surface area contributed by atoms with E-state index < -0.39 is 17.7 Å². The summed E-state index contributed by atoms with van der Waals surface area (Å²) in [5.41, 5.74) is 0.546. The number of hydrogen-bond donors (Lipinski definition) is 0. The fourth-order valence-electron chi connectivity index (χ4n) is 3.08. The Morgan fingerprint density at radius 2 is 1.25 bits per heavy atom. The van der Waals surface area contributed by atoms with Gasteiger partial charge in [-0.2, -0.15) is 0 Å². The van der Waals surface area contributed by atoms with Crippen molar-refractivity contribution in [3.05, 3.63) is 77.0 Å². The maximum Gasteiger partial charge on any atom is 0.341 e. The van der Waals surface area contributed by atoms with Gasteiger partial charge in [-0.1, -0.05) is 0 Å². The van der Waals surface area contributed by atoms with E-state index in [9.17, 15) is 14.4 Å². The molecule has 1 heterocycles. The summed E-state index contributed by atoms with van der Waals surface area (Å²) in [6.07, 6.45) is 0. The second kappa shape index (κ2) is 9.74. The summed E-state index contributed by atoms with van der Waals surface area (Å²) in [4.78, 5) is 42.9. The van der Waals surface area contributed by atoms with Gasteiger partial charge in [-0.15, -0.1) is 0 Å². The number of ether oxygens (including phenoxy) is 4. The fraction of sp³-hybridized carbons (Fsp3) is 0.167. The zero-order chi connectivity index (χ0) is 23.3. The highest BCUT2D eigenvalue weighted by Gasteiger charge is 2.29. The first kappa shape index (κ1) is 22.5. The Balaban J connectivity index is 2.26. The van der Waals surface area contributed by atoms with Crippen molar-refractivity contribution in [3.8, 4) is 22.8 Å². The molecule has 0 atom stereocenters. The summed E-state index contributed by atoms with van der Waals surface area (Å²) in [7, 11) is 5.39. The minimum atomic E-state index is -0.879. The number of carbonyl (C=O) groups is 3. The SMILES string of the molecule is COC(=O)c1cc(-c2ccc(OC)cc2)nc(C(=O)c2ccc(OC)cc2)c1C(=O)OC. The summed E-state index contributed by atoms with van der Waals surface area (Å²) in [5.74, 6) is -1.05. The lowest BCUT2D eigenvalue weighted by Crippen LogP contribution is -2.20. The molecule has 0 saturated carbocycles. The van der Waals surface area contributed by atoms with E-state index in [1.165, 1.54) is 20.3 Å². The van der Waals surface area contributed by atoms with Crippen molar-refractivity contribution in [1.82, 2.24) is 4.98 Å². The number of pyridine rings is 1. The third kappa shape index (κ3) is 4.44. The summed E-state index contributed by atoms with van der Waals surface area (Å²) in [6, 6.07) is 14.6. The molecule has 0 unspecified atom stereocenters. The molecule has 1 aromatic heterocycles. The van der Waals surface area contributed by atoms with Gasteiger partial charge in [-0.25, -0.2) is 14.6 Å². The number of carbonyl (C=O) groups excluding carboxylic acids is 3. The number of esters is 2. The van der Waals surface area contributed by atoms with Crippen LogP contribution in [0.25, 0.3) is 11.3 Å². The second-order valence-corrected chi connectivity index (χ2v) is 6.55. The molecule has 0 N–H and O–H groups in total. The van der Waals surface area contributed by atoms with Crippen LogP contribution in [0.5, 0.6) is 11.5 Å². The molecule has 0 aliphatic rings. The van der Waals surface area contributed by atoms with E-state index in [4.69, 9.17) is 18.9 Å². The first-order valence-corrected chi connectivity index (χ1v) is 9.48. The molecular formula is C24H21NO7. The minimum Gasteiger partial charge on any atom is -0.497 e. The van der Waals surface area contributed by atoms with Gasteiger partial charge in [-0.05, 0) is 54.6 Å². The molecule has 0 saturated heterocycles. The summed E-state index contributed by atoms with van der Waals surface area (Å²) >= 11 is 0. The van der Waals surface area contributed by atoms with Gasteiger partial charge in [0.25, 0.3) is 0 Å². The van der Waals surface area contributed by atoms with Gasteiger partial charge in [0.1, 0.15) is 22.8 Å². The van der Waals surface area contributed by atoms with Crippen molar-refractivity contribution in [2.45, 2.75) is 0 Å². The fourth-order valence-corrected chi connectivity index (χ4v) is 3.08. The van der Waals surface area contributed by atoms with E-state index >= 15 is 0 Å². The molecule has 8 nitrogen and oxygen atoms in total. The molecule has 0 amide bonds. The molecule has 0 spiro atoms. The van der Waals surface area contributed by atoms with Crippen LogP contribution < -0.4 is 9.47 Å². The van der Waals surface area contributed by atoms with E-state index in [1.807, 2.05) is 0 Å². The van der Waals surface area contributed by atoms with Gasteiger partial charge < -0.3 is 18.9 Å². The molecule has 0 radical (unpaired) electrons. The Bertz CT molecular complexity index is 1150. The maximum atomic E-state index is 13.4. The number of aromatic nitrogens is 1. The van der Waals surface area contributed by atoms with E-state index in [2.05, 4.69) is 4.98 Å². The Labute approximate surface area is 184 Å². The van der Waals surface area contributed by atoms with Gasteiger partial charge in [0.05, 0.1) is 39.7 Å². The van der Waals surface area contributed by atoms with Gasteiger partial charge in [0.15, 0.2) is 0 Å². The highest BCUT2D eigenvalue weighted by molar-refractivity contribution is 6.16. The largest absolute Gasteiger partial charge is 0.497 e. The molecule has 0 fully saturated rings. The Morgan fingerprint density at radius 3 is 1.75 bits per heavy atom. The molecule has 0 bridgehead atoms. The van der Waals surface area contributed by atoms with Crippen LogP contribution in [0.2, 0.25) is 0 Å². The number of methoxy groups -OCH3 is 4. The predicted octanol–water partition coefficient (Wildman–Crippen LogP) is 3.57. The van der Waals surface area contributed by atoms with Crippen LogP contribution in [0.4, 0.5) is 0 Å². The average molecular weight is 435 g/mol. The van der Waals surface area contributed by atoms with Crippen LogP contribution in [0.1, 0.15) is 36.8 Å². The number of nitrogens with zero attached hydrogens (tertiary/aromatic N) is 1. The highest BCUT2D eigenvalue weighted by atomic mass is 16.5. The number of ketones is 1. The van der Waals surface area contributed by atoms with Crippen LogP contribution in [0.3, 0.4) is 0 Å². The molecule has 3 aromatic rings. The number of hydrogen-bond acceptors (Lipinski definition) is 8. The normalized spacial score (nSPS) is 10.2. The van der Waals surface area contributed by atoms with E-state index in [0.29, 0.717) is 22.8 Å². The van der Waals surface area contributed by atoms with Crippen LogP contribution in [-0.2, 0) is 9.47 Å². The van der Waals surface area contributed by atoms with Crippen molar-refractivity contribution in [1.29, 1.82) is 0 Å². The van der Waals surface area contributed by atoms with Gasteiger partial charge in [-0.3, -0.25) is 4.79 Å². The lowest BCUT2D eigenvalue weighted by Gasteiger charge is -2.14. The van der Waals surface area contributed by atoms with Crippen molar-refractivity contribution >= 4 is 17.7 Å². The number of benzene rings is 2. The Kier molecular flexibility index (Phi) is 6.84. The molecule has 3 rings (SSSR count). The molecule has 0 aliphatic carbocycles. The van der Waals surface area contributed by atoms with Gasteiger partial charge in [0.2, 0.25) is 5.78 Å². The zero-order valence-electron chi connectivity index (χ0n) is 18.0. The smallest absolute Gasteiger partial charge is 0.341 e. The molecule has 8 heteroatoms. The Morgan fingerprint density at radius 1 is 0.719 bits per heavy atom. The van der Waals surface area contributed by atoms with Crippen molar-refractivity contribution in [2.24, 2.45) is 0 Å². The zero-order valence-corrected chi connectivity index (χ0v) is 18.0. The topological polar surface area (TPSA) is 101 Å². The van der Waals surface area contributed by atoms with E-state index in [0.717, 1.165) is 7.11 Å². The maximum absolute atomic E-state index is 13.4. The van der Waals surface area contributed by atoms with Crippen LogP contribution >= 0.6 is 0 Å². The summed E-state index contributed by atoms with van der Waals surface area (Å²) in [6.45, 7) is 0. The first-order valence-electron chi connectivity index (χ1n) is 9.48. The Hall–Kier alpha value is -4.20. The summed E-state index contributed by atoms with van der Waals surface area (Å²) < 4.78 is 20.0. The first-order chi connectivity index (χ1) is 15.4. The molecule has 164 valence electrons. The predicted molar refractivity (Wildman–Crippen MR) is 115 cm³/mol.